The number of nitrogens with zero attached hydrogens (tertiary/aromatic N) is 1. The van der Waals surface area contributed by atoms with Gasteiger partial charge in [-0.15, -0.1) is 4.40 Å². The average molecular weight is 333 g/mol. The van der Waals surface area contributed by atoms with E-state index in [0.29, 0.717) is 5.56 Å². The molecule has 0 fully saturated rings. The Hall–Kier alpha value is -1.05. The molecule has 0 spiro atoms. The predicted molar refractivity (Wildman–Crippen MR) is 77.6 cm³/mol. The van der Waals surface area contributed by atoms with Crippen LogP contribution in [0.2, 0.25) is 0 Å². The summed E-state index contributed by atoms with van der Waals surface area (Å²) in [5.41, 5.74) is 0.518. The van der Waals surface area contributed by atoms with Gasteiger partial charge in [0.25, 0.3) is 0 Å². The van der Waals surface area contributed by atoms with Gasteiger partial charge in [0.2, 0.25) is 5.85 Å². The minimum absolute atomic E-state index is 0.0285. The van der Waals surface area contributed by atoms with Crippen LogP contribution in [-0.4, -0.2) is 33.2 Å². The molecular weight excluding hydrogens is 317 g/mol. The SMILES string of the molecule is CCOP(=O)(OCC)C1OS(=O)(=O)N=C1c1ccccc1. The molecule has 1 aromatic carbocycles. The molecule has 1 heterocycles. The molecule has 0 radical (unpaired) electrons. The molecule has 9 heteroatoms. The summed E-state index contributed by atoms with van der Waals surface area (Å²) in [5.74, 6) is -1.38. The Morgan fingerprint density at radius 2 is 1.76 bits per heavy atom. The van der Waals surface area contributed by atoms with Crippen molar-refractivity contribution in [2.75, 3.05) is 13.2 Å². The maximum absolute atomic E-state index is 12.8. The zero-order valence-corrected chi connectivity index (χ0v) is 13.3. The van der Waals surface area contributed by atoms with E-state index in [2.05, 4.69) is 4.40 Å². The van der Waals surface area contributed by atoms with Gasteiger partial charge >= 0.3 is 17.9 Å². The van der Waals surface area contributed by atoms with Gasteiger partial charge in [-0.25, -0.2) is 4.18 Å². The average Bonchev–Trinajstić information content (AvgIpc) is 2.77. The molecule has 0 saturated carbocycles. The van der Waals surface area contributed by atoms with Crippen LogP contribution >= 0.6 is 7.60 Å². The normalized spacial score (nSPS) is 21.2. The van der Waals surface area contributed by atoms with Gasteiger partial charge in [-0.05, 0) is 13.8 Å². The van der Waals surface area contributed by atoms with E-state index in [1.807, 2.05) is 0 Å². The van der Waals surface area contributed by atoms with E-state index in [-0.39, 0.29) is 18.9 Å². The van der Waals surface area contributed by atoms with Crippen LogP contribution in [0.3, 0.4) is 0 Å². The fraction of sp³-hybridized carbons (Fsp3) is 0.417. The number of benzene rings is 1. The highest BCUT2D eigenvalue weighted by Gasteiger charge is 2.48. The minimum Gasteiger partial charge on any atom is -0.307 e. The molecule has 0 bridgehead atoms. The molecule has 116 valence electrons. The van der Waals surface area contributed by atoms with Crippen molar-refractivity contribution in [1.29, 1.82) is 0 Å². The molecule has 0 amide bonds. The fourth-order valence-corrected chi connectivity index (χ4v) is 5.09. The Bertz CT molecular complexity index is 662. The molecule has 7 nitrogen and oxygen atoms in total. The zero-order valence-electron chi connectivity index (χ0n) is 11.6. The van der Waals surface area contributed by atoms with Crippen molar-refractivity contribution in [3.63, 3.8) is 0 Å². The largest absolute Gasteiger partial charge is 0.382 e. The van der Waals surface area contributed by atoms with Crippen molar-refractivity contribution in [1.82, 2.24) is 0 Å². The van der Waals surface area contributed by atoms with E-state index in [9.17, 15) is 13.0 Å². The van der Waals surface area contributed by atoms with Gasteiger partial charge in [0.1, 0.15) is 5.71 Å². The molecule has 1 aromatic rings. The van der Waals surface area contributed by atoms with Crippen molar-refractivity contribution in [3.8, 4) is 0 Å². The van der Waals surface area contributed by atoms with Crippen LogP contribution in [0.5, 0.6) is 0 Å². The van der Waals surface area contributed by atoms with Crippen molar-refractivity contribution in [2.24, 2.45) is 4.40 Å². The van der Waals surface area contributed by atoms with E-state index in [4.69, 9.17) is 13.2 Å². The topological polar surface area (TPSA) is 91.3 Å². The van der Waals surface area contributed by atoms with Crippen LogP contribution in [0.1, 0.15) is 19.4 Å². The van der Waals surface area contributed by atoms with E-state index in [1.54, 1.807) is 44.2 Å². The van der Waals surface area contributed by atoms with Gasteiger partial charge in [-0.1, -0.05) is 30.3 Å². The molecule has 0 saturated heterocycles. The Morgan fingerprint density at radius 1 is 1.19 bits per heavy atom. The molecule has 21 heavy (non-hydrogen) atoms. The summed E-state index contributed by atoms with van der Waals surface area (Å²) in [6.07, 6.45) is 0. The van der Waals surface area contributed by atoms with E-state index in [1.165, 1.54) is 0 Å². The number of rotatable bonds is 6. The van der Waals surface area contributed by atoms with Crippen molar-refractivity contribution >= 4 is 23.6 Å². The third-order valence-electron chi connectivity index (χ3n) is 2.63. The molecule has 0 aromatic heterocycles. The van der Waals surface area contributed by atoms with Crippen LogP contribution in [-0.2, 0) is 28.1 Å². The first-order valence-electron chi connectivity index (χ1n) is 6.39. The highest BCUT2D eigenvalue weighted by atomic mass is 32.2. The minimum atomic E-state index is -4.16. The summed E-state index contributed by atoms with van der Waals surface area (Å²) in [6.45, 7) is 3.46. The highest BCUT2D eigenvalue weighted by Crippen LogP contribution is 2.56. The summed E-state index contributed by atoms with van der Waals surface area (Å²) in [7, 11) is -7.96. The molecule has 1 unspecified atom stereocenters. The van der Waals surface area contributed by atoms with Crippen LogP contribution < -0.4 is 0 Å². The molecular formula is C12H16NO6PS. The predicted octanol–water partition coefficient (Wildman–Crippen LogP) is 2.34. The van der Waals surface area contributed by atoms with Crippen LogP contribution in [0.25, 0.3) is 0 Å². The van der Waals surface area contributed by atoms with Crippen molar-refractivity contribution < 1.29 is 26.2 Å². The second-order valence-electron chi connectivity index (χ2n) is 4.09. The van der Waals surface area contributed by atoms with Gasteiger partial charge < -0.3 is 9.05 Å². The molecule has 1 aliphatic rings. The van der Waals surface area contributed by atoms with Gasteiger partial charge in [0.05, 0.1) is 13.2 Å². The van der Waals surface area contributed by atoms with Gasteiger partial charge in [0, 0.05) is 5.56 Å². The maximum atomic E-state index is 12.8. The maximum Gasteiger partial charge on any atom is 0.382 e. The Labute approximate surface area is 123 Å². The van der Waals surface area contributed by atoms with Crippen LogP contribution in [0.15, 0.2) is 34.7 Å². The second-order valence-corrected chi connectivity index (χ2v) is 7.39. The molecule has 1 atom stereocenters. The summed E-state index contributed by atoms with van der Waals surface area (Å²) >= 11 is 0. The smallest absolute Gasteiger partial charge is 0.307 e. The molecule has 1 aliphatic heterocycles. The Kier molecular flexibility index (Phi) is 4.95. The quantitative estimate of drug-likeness (QED) is 0.742. The van der Waals surface area contributed by atoms with E-state index < -0.39 is 23.7 Å². The number of hydrogen-bond acceptors (Lipinski definition) is 6. The van der Waals surface area contributed by atoms with Crippen LogP contribution in [0.4, 0.5) is 0 Å². The Morgan fingerprint density at radius 3 is 2.29 bits per heavy atom. The number of hydrogen-bond donors (Lipinski definition) is 0. The lowest BCUT2D eigenvalue weighted by molar-refractivity contribution is 0.187. The fourth-order valence-electron chi connectivity index (χ4n) is 1.89. The summed E-state index contributed by atoms with van der Waals surface area (Å²) < 4.78 is 54.8. The van der Waals surface area contributed by atoms with Crippen molar-refractivity contribution in [3.05, 3.63) is 35.9 Å². The van der Waals surface area contributed by atoms with Gasteiger partial charge in [0.15, 0.2) is 0 Å². The van der Waals surface area contributed by atoms with E-state index in [0.717, 1.165) is 0 Å². The monoisotopic (exact) mass is 333 g/mol. The first-order valence-corrected chi connectivity index (χ1v) is 9.37. The first kappa shape index (κ1) is 16.3. The van der Waals surface area contributed by atoms with Gasteiger partial charge in [-0.2, -0.15) is 8.42 Å². The molecule has 2 rings (SSSR count). The van der Waals surface area contributed by atoms with Crippen molar-refractivity contribution in [2.45, 2.75) is 19.7 Å². The third kappa shape index (κ3) is 3.59. The summed E-state index contributed by atoms with van der Waals surface area (Å²) in [6, 6.07) is 8.50. The summed E-state index contributed by atoms with van der Waals surface area (Å²) in [5, 5.41) is 0. The lowest BCUT2D eigenvalue weighted by Crippen LogP contribution is -2.23. The zero-order chi connectivity index (χ0) is 15.5. The Balaban J connectivity index is 2.47. The van der Waals surface area contributed by atoms with E-state index >= 15 is 0 Å². The standard InChI is InChI=1S/C12H16NO6PS/c1-3-17-20(14,18-4-2)12-11(13-21(15,16)19-12)10-8-6-5-7-9-10/h5-9,12H,3-4H2,1-2H3. The first-order chi connectivity index (χ1) is 9.92. The van der Waals surface area contributed by atoms with Crippen LogP contribution in [0, 0.1) is 0 Å². The highest BCUT2D eigenvalue weighted by molar-refractivity contribution is 7.86. The van der Waals surface area contributed by atoms with Gasteiger partial charge in [-0.3, -0.25) is 4.57 Å². The molecule has 0 N–H and O–H groups in total. The third-order valence-corrected chi connectivity index (χ3v) is 5.79. The lowest BCUT2D eigenvalue weighted by atomic mass is 10.1. The molecule has 0 aliphatic carbocycles. The second kappa shape index (κ2) is 6.37. The summed E-state index contributed by atoms with van der Waals surface area (Å²) in [4.78, 5) is 0. The lowest BCUT2D eigenvalue weighted by Gasteiger charge is -2.22.